The van der Waals surface area contributed by atoms with Crippen molar-refractivity contribution in [1.29, 1.82) is 0 Å². The predicted octanol–water partition coefficient (Wildman–Crippen LogP) is 2.30. The number of nitro benzene ring substituents is 1. The normalized spacial score (nSPS) is 14.2. The van der Waals surface area contributed by atoms with Crippen molar-refractivity contribution in [3.05, 3.63) is 52.3 Å². The van der Waals surface area contributed by atoms with Gasteiger partial charge < -0.3 is 5.32 Å². The van der Waals surface area contributed by atoms with E-state index in [-0.39, 0.29) is 5.69 Å². The van der Waals surface area contributed by atoms with E-state index in [0.717, 1.165) is 17.8 Å². The molecule has 0 spiro atoms. The number of hydrogen-bond donors (Lipinski definition) is 1. The first-order chi connectivity index (χ1) is 9.72. The van der Waals surface area contributed by atoms with Crippen molar-refractivity contribution in [2.75, 3.05) is 0 Å². The Kier molecular flexibility index (Phi) is 3.39. The monoisotopic (exact) mass is 270 g/mol. The smallest absolute Gasteiger partial charge is 0.269 e. The maximum absolute atomic E-state index is 10.6. The fourth-order valence-electron chi connectivity index (χ4n) is 1.90. The summed E-state index contributed by atoms with van der Waals surface area (Å²) in [6, 6.07) is 8.79. The van der Waals surface area contributed by atoms with Gasteiger partial charge in [-0.15, -0.1) is 0 Å². The highest BCUT2D eigenvalue weighted by Gasteiger charge is 2.20. The average molecular weight is 270 g/mol. The number of nitrogens with zero attached hydrogens (tertiary/aromatic N) is 3. The molecule has 1 aromatic heterocycles. The molecular weight excluding hydrogens is 256 g/mol. The van der Waals surface area contributed by atoms with Crippen LogP contribution >= 0.6 is 0 Å². The summed E-state index contributed by atoms with van der Waals surface area (Å²) in [5, 5.41) is 14.0. The summed E-state index contributed by atoms with van der Waals surface area (Å²) in [6.07, 6.45) is 4.19. The zero-order valence-corrected chi connectivity index (χ0v) is 10.8. The Morgan fingerprint density at radius 2 is 2.00 bits per heavy atom. The molecular formula is C14H14N4O2. The third-order valence-electron chi connectivity index (χ3n) is 3.20. The molecule has 0 unspecified atom stereocenters. The van der Waals surface area contributed by atoms with Gasteiger partial charge in [0.25, 0.3) is 5.69 Å². The highest BCUT2D eigenvalue weighted by molar-refractivity contribution is 5.57. The number of nitro groups is 1. The molecule has 3 rings (SSSR count). The third-order valence-corrected chi connectivity index (χ3v) is 3.20. The first-order valence-electron chi connectivity index (χ1n) is 6.52. The molecule has 102 valence electrons. The third kappa shape index (κ3) is 2.97. The molecule has 6 heteroatoms. The summed E-state index contributed by atoms with van der Waals surface area (Å²) in [4.78, 5) is 18.9. The van der Waals surface area contributed by atoms with Crippen molar-refractivity contribution in [2.45, 2.75) is 25.4 Å². The van der Waals surface area contributed by atoms with Crippen molar-refractivity contribution in [1.82, 2.24) is 15.3 Å². The molecule has 1 fully saturated rings. The van der Waals surface area contributed by atoms with E-state index < -0.39 is 4.92 Å². The van der Waals surface area contributed by atoms with Gasteiger partial charge in [-0.2, -0.15) is 0 Å². The molecule has 20 heavy (non-hydrogen) atoms. The quantitative estimate of drug-likeness (QED) is 0.666. The molecule has 1 aliphatic carbocycles. The van der Waals surface area contributed by atoms with Crippen LogP contribution in [0.15, 0.2) is 36.5 Å². The van der Waals surface area contributed by atoms with Crippen molar-refractivity contribution in [3.63, 3.8) is 0 Å². The minimum absolute atomic E-state index is 0.0697. The predicted molar refractivity (Wildman–Crippen MR) is 74.0 cm³/mol. The number of hydrogen-bond acceptors (Lipinski definition) is 5. The minimum atomic E-state index is -0.416. The molecule has 1 N–H and O–H groups in total. The van der Waals surface area contributed by atoms with Gasteiger partial charge in [0.2, 0.25) is 0 Å². The molecule has 0 bridgehead atoms. The van der Waals surface area contributed by atoms with Crippen LogP contribution < -0.4 is 5.32 Å². The Bertz CT molecular complexity index is 623. The molecule has 0 atom stereocenters. The first kappa shape index (κ1) is 12.7. The van der Waals surface area contributed by atoms with Crippen LogP contribution in [-0.4, -0.2) is 20.9 Å². The molecule has 1 aliphatic rings. The van der Waals surface area contributed by atoms with Crippen LogP contribution in [0, 0.1) is 10.1 Å². The van der Waals surface area contributed by atoms with Crippen LogP contribution in [0.3, 0.4) is 0 Å². The second kappa shape index (κ2) is 5.34. The topological polar surface area (TPSA) is 81.0 Å². The van der Waals surface area contributed by atoms with E-state index in [9.17, 15) is 10.1 Å². The van der Waals surface area contributed by atoms with Crippen LogP contribution in [0.25, 0.3) is 11.4 Å². The average Bonchev–Trinajstić information content (AvgIpc) is 3.30. The van der Waals surface area contributed by atoms with Gasteiger partial charge >= 0.3 is 0 Å². The van der Waals surface area contributed by atoms with Crippen LogP contribution in [0.4, 0.5) is 5.69 Å². The molecule has 0 amide bonds. The van der Waals surface area contributed by atoms with Gasteiger partial charge in [-0.05, 0) is 31.0 Å². The van der Waals surface area contributed by atoms with Gasteiger partial charge in [-0.1, -0.05) is 0 Å². The minimum Gasteiger partial charge on any atom is -0.308 e. The van der Waals surface area contributed by atoms with Gasteiger partial charge in [-0.25, -0.2) is 9.97 Å². The molecule has 1 aromatic carbocycles. The number of non-ortho nitro benzene ring substituents is 1. The summed E-state index contributed by atoms with van der Waals surface area (Å²) < 4.78 is 0. The number of rotatable bonds is 5. The van der Waals surface area contributed by atoms with Crippen LogP contribution in [0.5, 0.6) is 0 Å². The maximum atomic E-state index is 10.6. The van der Waals surface area contributed by atoms with Gasteiger partial charge in [0.15, 0.2) is 5.82 Å². The molecule has 0 saturated heterocycles. The lowest BCUT2D eigenvalue weighted by atomic mass is 10.2. The van der Waals surface area contributed by atoms with E-state index in [1.54, 1.807) is 18.3 Å². The molecule has 0 aliphatic heterocycles. The Labute approximate surface area is 116 Å². The van der Waals surface area contributed by atoms with Crippen molar-refractivity contribution in [3.8, 4) is 11.4 Å². The highest BCUT2D eigenvalue weighted by atomic mass is 16.6. The zero-order chi connectivity index (χ0) is 13.9. The van der Waals surface area contributed by atoms with Gasteiger partial charge in [-0.3, -0.25) is 10.1 Å². The zero-order valence-electron chi connectivity index (χ0n) is 10.8. The second-order valence-corrected chi connectivity index (χ2v) is 4.83. The molecule has 1 saturated carbocycles. The highest BCUT2D eigenvalue weighted by Crippen LogP contribution is 2.21. The lowest BCUT2D eigenvalue weighted by Crippen LogP contribution is -2.16. The van der Waals surface area contributed by atoms with E-state index >= 15 is 0 Å². The summed E-state index contributed by atoms with van der Waals surface area (Å²) >= 11 is 0. The lowest BCUT2D eigenvalue weighted by molar-refractivity contribution is -0.384. The van der Waals surface area contributed by atoms with Crippen molar-refractivity contribution in [2.24, 2.45) is 0 Å². The van der Waals surface area contributed by atoms with Crippen LogP contribution in [-0.2, 0) is 6.54 Å². The molecule has 6 nitrogen and oxygen atoms in total. The molecule has 1 heterocycles. The van der Waals surface area contributed by atoms with Crippen molar-refractivity contribution >= 4 is 5.69 Å². The van der Waals surface area contributed by atoms with Crippen LogP contribution in [0.1, 0.15) is 18.5 Å². The summed E-state index contributed by atoms with van der Waals surface area (Å²) in [5.41, 5.74) is 1.78. The fraction of sp³-hybridized carbons (Fsp3) is 0.286. The lowest BCUT2D eigenvalue weighted by Gasteiger charge is -2.04. The van der Waals surface area contributed by atoms with E-state index in [4.69, 9.17) is 0 Å². The first-order valence-corrected chi connectivity index (χ1v) is 6.52. The Balaban J connectivity index is 1.77. The van der Waals surface area contributed by atoms with E-state index in [2.05, 4.69) is 15.3 Å². The van der Waals surface area contributed by atoms with E-state index in [1.807, 2.05) is 6.07 Å². The van der Waals surface area contributed by atoms with E-state index in [1.165, 1.54) is 25.0 Å². The largest absolute Gasteiger partial charge is 0.308 e. The number of aromatic nitrogens is 2. The van der Waals surface area contributed by atoms with Crippen molar-refractivity contribution < 1.29 is 4.92 Å². The Morgan fingerprint density at radius 1 is 1.25 bits per heavy atom. The second-order valence-electron chi connectivity index (χ2n) is 4.83. The number of nitrogens with one attached hydrogen (secondary N) is 1. The fourth-order valence-corrected chi connectivity index (χ4v) is 1.90. The molecule has 0 radical (unpaired) electrons. The van der Waals surface area contributed by atoms with E-state index in [0.29, 0.717) is 11.9 Å². The maximum Gasteiger partial charge on any atom is 0.269 e. The standard InChI is InChI=1S/C14H14N4O2/c19-18(20)13-5-1-10(2-6-13)14-15-8-7-12(17-14)9-16-11-3-4-11/h1-2,5-8,11,16H,3-4,9H2. The Morgan fingerprint density at radius 3 is 2.65 bits per heavy atom. The summed E-state index contributed by atoms with van der Waals surface area (Å²) in [7, 11) is 0. The van der Waals surface area contributed by atoms with Crippen LogP contribution in [0.2, 0.25) is 0 Å². The molecule has 2 aromatic rings. The number of benzene rings is 1. The van der Waals surface area contributed by atoms with Gasteiger partial charge in [0.05, 0.1) is 10.6 Å². The Hall–Kier alpha value is -2.34. The van der Waals surface area contributed by atoms with Gasteiger partial charge in [0, 0.05) is 36.5 Å². The SMILES string of the molecule is O=[N+]([O-])c1ccc(-c2nccc(CNC3CC3)n2)cc1. The summed E-state index contributed by atoms with van der Waals surface area (Å²) in [6.45, 7) is 0.729. The van der Waals surface area contributed by atoms with Gasteiger partial charge in [0.1, 0.15) is 0 Å². The summed E-state index contributed by atoms with van der Waals surface area (Å²) in [5.74, 6) is 0.593.